The summed E-state index contributed by atoms with van der Waals surface area (Å²) in [7, 11) is 0. The third-order valence-electron chi connectivity index (χ3n) is 3.91. The molecule has 0 amide bonds. The lowest BCUT2D eigenvalue weighted by Crippen LogP contribution is -2.11. The Morgan fingerprint density at radius 1 is 1.25 bits per heavy atom. The van der Waals surface area contributed by atoms with Crippen LogP contribution < -0.4 is 5.32 Å². The van der Waals surface area contributed by atoms with Crippen molar-refractivity contribution in [3.05, 3.63) is 57.7 Å². The molecule has 3 aromatic rings. The molecule has 0 aliphatic carbocycles. The Morgan fingerprint density at radius 3 is 2.71 bits per heavy atom. The minimum atomic E-state index is -0.218. The smallest absolute Gasteiger partial charge is 0.206 e. The Labute approximate surface area is 143 Å². The van der Waals surface area contributed by atoms with E-state index in [1.165, 1.54) is 17.4 Å². The van der Waals surface area contributed by atoms with Crippen LogP contribution in [0.15, 0.2) is 28.8 Å². The van der Waals surface area contributed by atoms with Gasteiger partial charge in [-0.15, -0.1) is 10.2 Å². The van der Waals surface area contributed by atoms with Crippen LogP contribution in [0.1, 0.15) is 47.0 Å². The van der Waals surface area contributed by atoms with Gasteiger partial charge in [-0.2, -0.15) is 0 Å². The molecule has 24 heavy (non-hydrogen) atoms. The molecule has 1 unspecified atom stereocenters. The highest BCUT2D eigenvalue weighted by Crippen LogP contribution is 2.29. The summed E-state index contributed by atoms with van der Waals surface area (Å²) in [6.45, 7) is 5.92. The molecule has 2 aromatic heterocycles. The molecule has 0 spiro atoms. The van der Waals surface area contributed by atoms with E-state index in [0.717, 1.165) is 28.4 Å². The molecule has 0 aliphatic heterocycles. The van der Waals surface area contributed by atoms with Crippen LogP contribution in [0.3, 0.4) is 0 Å². The maximum absolute atomic E-state index is 13.7. The van der Waals surface area contributed by atoms with Crippen molar-refractivity contribution < 1.29 is 8.91 Å². The highest BCUT2D eigenvalue weighted by molar-refractivity contribution is 7.15. The van der Waals surface area contributed by atoms with Gasteiger partial charge in [0.2, 0.25) is 5.13 Å². The first-order valence-electron chi connectivity index (χ1n) is 7.83. The SMILES string of the molecule is CCC(Nc1nnc(Cc2ccccc2F)s1)c1c(C)noc1C. The standard InChI is InChI=1S/C17H19FN4OS/c1-4-14(16-10(2)22-23-11(16)3)19-17-21-20-15(24-17)9-12-7-5-6-8-13(12)18/h5-8,14H,4,9H2,1-3H3,(H,19,21). The third kappa shape index (κ3) is 3.46. The lowest BCUT2D eigenvalue weighted by Gasteiger charge is -2.15. The van der Waals surface area contributed by atoms with Gasteiger partial charge in [0, 0.05) is 12.0 Å². The molecule has 1 atom stereocenters. The third-order valence-corrected chi connectivity index (χ3v) is 4.76. The summed E-state index contributed by atoms with van der Waals surface area (Å²) in [6.07, 6.45) is 1.30. The van der Waals surface area contributed by atoms with E-state index in [1.807, 2.05) is 19.9 Å². The second kappa shape index (κ2) is 7.09. The molecule has 0 bridgehead atoms. The Morgan fingerprint density at radius 2 is 2.04 bits per heavy atom. The van der Waals surface area contributed by atoms with Crippen LogP contribution in [-0.2, 0) is 6.42 Å². The number of hydrogen-bond acceptors (Lipinski definition) is 6. The number of nitrogens with zero attached hydrogens (tertiary/aromatic N) is 3. The summed E-state index contributed by atoms with van der Waals surface area (Å²) in [5.74, 6) is 0.590. The molecule has 3 rings (SSSR count). The van der Waals surface area contributed by atoms with E-state index in [9.17, 15) is 4.39 Å². The van der Waals surface area contributed by atoms with Crippen molar-refractivity contribution in [2.45, 2.75) is 39.7 Å². The summed E-state index contributed by atoms with van der Waals surface area (Å²) < 4.78 is 19.0. The first kappa shape index (κ1) is 16.6. The van der Waals surface area contributed by atoms with Gasteiger partial charge in [0.05, 0.1) is 11.7 Å². The van der Waals surface area contributed by atoms with E-state index in [1.54, 1.807) is 12.1 Å². The zero-order valence-corrected chi connectivity index (χ0v) is 14.7. The van der Waals surface area contributed by atoms with Crippen molar-refractivity contribution in [2.75, 3.05) is 5.32 Å². The van der Waals surface area contributed by atoms with Crippen LogP contribution in [0.5, 0.6) is 0 Å². The molecule has 7 heteroatoms. The molecule has 5 nitrogen and oxygen atoms in total. The second-order valence-electron chi connectivity index (χ2n) is 5.61. The van der Waals surface area contributed by atoms with E-state index in [0.29, 0.717) is 17.1 Å². The van der Waals surface area contributed by atoms with Crippen LogP contribution in [-0.4, -0.2) is 15.4 Å². The summed E-state index contributed by atoms with van der Waals surface area (Å²) in [5.41, 5.74) is 2.56. The molecule has 1 aromatic carbocycles. The number of rotatable bonds is 6. The summed E-state index contributed by atoms with van der Waals surface area (Å²) in [4.78, 5) is 0. The predicted octanol–water partition coefficient (Wildman–Crippen LogP) is 4.44. The topological polar surface area (TPSA) is 63.8 Å². The van der Waals surface area contributed by atoms with Crippen LogP contribution in [0.2, 0.25) is 0 Å². The molecular formula is C17H19FN4OS. The van der Waals surface area contributed by atoms with Gasteiger partial charge in [-0.1, -0.05) is 41.6 Å². The van der Waals surface area contributed by atoms with E-state index in [-0.39, 0.29) is 11.9 Å². The number of hydrogen-bond donors (Lipinski definition) is 1. The van der Waals surface area contributed by atoms with Crippen molar-refractivity contribution in [3.8, 4) is 0 Å². The fourth-order valence-corrected chi connectivity index (χ4v) is 3.52. The average Bonchev–Trinajstić information content (AvgIpc) is 3.14. The molecular weight excluding hydrogens is 327 g/mol. The van der Waals surface area contributed by atoms with E-state index < -0.39 is 0 Å². The zero-order valence-electron chi connectivity index (χ0n) is 13.8. The molecule has 1 N–H and O–H groups in total. The van der Waals surface area contributed by atoms with Crippen molar-refractivity contribution in [1.29, 1.82) is 0 Å². The second-order valence-corrected chi connectivity index (χ2v) is 6.67. The molecule has 0 radical (unpaired) electrons. The van der Waals surface area contributed by atoms with E-state index in [4.69, 9.17) is 4.52 Å². The highest BCUT2D eigenvalue weighted by atomic mass is 32.1. The number of halogens is 1. The predicted molar refractivity (Wildman–Crippen MR) is 91.7 cm³/mol. The summed E-state index contributed by atoms with van der Waals surface area (Å²) in [5, 5.41) is 17.2. The molecule has 126 valence electrons. The van der Waals surface area contributed by atoms with Crippen LogP contribution in [0.25, 0.3) is 0 Å². The Kier molecular flexibility index (Phi) is 4.89. The number of anilines is 1. The number of nitrogens with one attached hydrogen (secondary N) is 1. The summed E-state index contributed by atoms with van der Waals surface area (Å²) in [6, 6.07) is 6.79. The number of aromatic nitrogens is 3. The Hall–Kier alpha value is -2.28. The first-order valence-corrected chi connectivity index (χ1v) is 8.65. The van der Waals surface area contributed by atoms with E-state index in [2.05, 4.69) is 27.6 Å². The lowest BCUT2D eigenvalue weighted by molar-refractivity contribution is 0.391. The Bertz CT molecular complexity index is 810. The van der Waals surface area contributed by atoms with Gasteiger partial charge in [0.1, 0.15) is 16.6 Å². The lowest BCUT2D eigenvalue weighted by atomic mass is 10.0. The van der Waals surface area contributed by atoms with Gasteiger partial charge >= 0.3 is 0 Å². The minimum Gasteiger partial charge on any atom is -0.361 e. The van der Waals surface area contributed by atoms with Crippen molar-refractivity contribution in [2.24, 2.45) is 0 Å². The average molecular weight is 346 g/mol. The van der Waals surface area contributed by atoms with Crippen molar-refractivity contribution >= 4 is 16.5 Å². The molecule has 0 aliphatic rings. The van der Waals surface area contributed by atoms with Crippen LogP contribution in [0, 0.1) is 19.7 Å². The van der Waals surface area contributed by atoms with Crippen LogP contribution in [0.4, 0.5) is 9.52 Å². The maximum atomic E-state index is 13.7. The van der Waals surface area contributed by atoms with Gasteiger partial charge in [0.25, 0.3) is 0 Å². The largest absolute Gasteiger partial charge is 0.361 e. The fourth-order valence-electron chi connectivity index (χ4n) is 2.70. The van der Waals surface area contributed by atoms with Crippen molar-refractivity contribution in [1.82, 2.24) is 15.4 Å². The quantitative estimate of drug-likeness (QED) is 0.715. The van der Waals surface area contributed by atoms with Gasteiger partial charge in [-0.05, 0) is 31.9 Å². The van der Waals surface area contributed by atoms with Gasteiger partial charge in [-0.25, -0.2) is 4.39 Å². The monoisotopic (exact) mass is 346 g/mol. The molecule has 2 heterocycles. The van der Waals surface area contributed by atoms with Crippen LogP contribution >= 0.6 is 11.3 Å². The highest BCUT2D eigenvalue weighted by Gasteiger charge is 2.20. The first-order chi connectivity index (χ1) is 11.6. The molecule has 0 fully saturated rings. The number of aryl methyl sites for hydroxylation is 2. The van der Waals surface area contributed by atoms with Gasteiger partial charge < -0.3 is 9.84 Å². The minimum absolute atomic E-state index is 0.0607. The van der Waals surface area contributed by atoms with Gasteiger partial charge in [-0.3, -0.25) is 0 Å². The van der Waals surface area contributed by atoms with Crippen molar-refractivity contribution in [3.63, 3.8) is 0 Å². The van der Waals surface area contributed by atoms with E-state index >= 15 is 0 Å². The normalized spacial score (nSPS) is 12.3. The molecule has 0 saturated heterocycles. The fraction of sp³-hybridized carbons (Fsp3) is 0.353. The Balaban J connectivity index is 1.75. The van der Waals surface area contributed by atoms with Gasteiger partial charge in [0.15, 0.2) is 0 Å². The molecule has 0 saturated carbocycles. The number of benzene rings is 1. The summed E-state index contributed by atoms with van der Waals surface area (Å²) >= 11 is 1.44. The maximum Gasteiger partial charge on any atom is 0.206 e. The zero-order chi connectivity index (χ0) is 17.1.